The molecular weight excluding hydrogens is 683 g/mol. The van der Waals surface area contributed by atoms with E-state index in [1.807, 2.05) is 35.8 Å². The summed E-state index contributed by atoms with van der Waals surface area (Å²) >= 11 is 0. The van der Waals surface area contributed by atoms with E-state index in [9.17, 15) is 9.59 Å². The molecule has 0 radical (unpaired) electrons. The predicted octanol–water partition coefficient (Wildman–Crippen LogP) is 8.87. The number of carbonyl (C=O) groups is 2. The molecule has 0 saturated carbocycles. The summed E-state index contributed by atoms with van der Waals surface area (Å²) in [5.74, 6) is 1.47. The van der Waals surface area contributed by atoms with Crippen molar-refractivity contribution >= 4 is 34.6 Å². The van der Waals surface area contributed by atoms with Crippen LogP contribution in [0.1, 0.15) is 99.2 Å². The summed E-state index contributed by atoms with van der Waals surface area (Å²) in [7, 11) is 0. The van der Waals surface area contributed by atoms with Gasteiger partial charge in [-0.3, -0.25) is 14.5 Å². The Morgan fingerprint density at radius 3 is 1.71 bits per heavy atom. The van der Waals surface area contributed by atoms with Crippen LogP contribution in [0.2, 0.25) is 0 Å². The van der Waals surface area contributed by atoms with Crippen LogP contribution in [0.5, 0.6) is 0 Å². The van der Waals surface area contributed by atoms with Crippen LogP contribution in [0.15, 0.2) is 103 Å². The Labute approximate surface area is 325 Å². The van der Waals surface area contributed by atoms with Crippen LogP contribution in [-0.2, 0) is 35.6 Å². The maximum absolute atomic E-state index is 12.8. The topological polar surface area (TPSA) is 85.7 Å². The summed E-state index contributed by atoms with van der Waals surface area (Å²) in [6, 6.07) is 34.8. The molecule has 8 rings (SSSR count). The fourth-order valence-electron chi connectivity index (χ4n) is 8.94. The Kier molecular flexibility index (Phi) is 10.5. The first-order valence-corrected chi connectivity index (χ1v) is 20.1. The molecule has 0 aliphatic carbocycles. The van der Waals surface area contributed by atoms with E-state index in [1.165, 1.54) is 27.9 Å². The highest BCUT2D eigenvalue weighted by Crippen LogP contribution is 2.40. The molecule has 2 amide bonds. The molecule has 0 fully saturated rings. The van der Waals surface area contributed by atoms with E-state index in [4.69, 9.17) is 4.98 Å². The Morgan fingerprint density at radius 2 is 1.18 bits per heavy atom. The van der Waals surface area contributed by atoms with Crippen molar-refractivity contribution in [1.29, 1.82) is 0 Å². The second-order valence-corrected chi connectivity index (χ2v) is 15.5. The highest BCUT2D eigenvalue weighted by molar-refractivity contribution is 5.96. The van der Waals surface area contributed by atoms with Crippen LogP contribution >= 0.6 is 0 Å². The first-order chi connectivity index (χ1) is 26.8. The van der Waals surface area contributed by atoms with E-state index in [1.54, 1.807) is 0 Å². The Hall–Kier alpha value is -5.41. The third kappa shape index (κ3) is 7.50. The molecule has 3 aliphatic rings. The van der Waals surface area contributed by atoms with E-state index >= 15 is 0 Å². The van der Waals surface area contributed by atoms with Crippen molar-refractivity contribution in [3.05, 3.63) is 137 Å². The van der Waals surface area contributed by atoms with Gasteiger partial charge >= 0.3 is 0 Å². The molecular formula is C46H53N7O2. The number of anilines is 4. The van der Waals surface area contributed by atoms with Crippen LogP contribution in [-0.4, -0.2) is 44.9 Å². The van der Waals surface area contributed by atoms with Crippen molar-refractivity contribution in [2.75, 3.05) is 27.0 Å². The minimum absolute atomic E-state index is 0.133. The smallest absolute Gasteiger partial charge is 0.226 e. The third-order valence-electron chi connectivity index (χ3n) is 11.7. The van der Waals surface area contributed by atoms with Gasteiger partial charge in [0.25, 0.3) is 0 Å². The number of aromatic nitrogens is 2. The molecule has 4 heterocycles. The minimum atomic E-state index is 0.133. The highest BCUT2D eigenvalue weighted by Gasteiger charge is 2.34. The van der Waals surface area contributed by atoms with E-state index in [0.29, 0.717) is 12.8 Å². The van der Waals surface area contributed by atoms with Gasteiger partial charge in [0.05, 0.1) is 18.6 Å². The van der Waals surface area contributed by atoms with Gasteiger partial charge < -0.3 is 25.0 Å². The first kappa shape index (κ1) is 36.6. The number of rotatable bonds is 10. The van der Waals surface area contributed by atoms with Crippen LogP contribution in [0.3, 0.4) is 0 Å². The van der Waals surface area contributed by atoms with Crippen LogP contribution in [0.25, 0.3) is 0 Å². The average Bonchev–Trinajstić information content (AvgIpc) is 3.60. The molecule has 9 nitrogen and oxygen atoms in total. The molecule has 9 heteroatoms. The molecule has 3 aliphatic heterocycles. The van der Waals surface area contributed by atoms with Crippen LogP contribution < -0.4 is 20.4 Å². The lowest BCUT2D eigenvalue weighted by Crippen LogP contribution is -2.44. The SMILES string of the molecule is CCC(=O)N1c2ccccc2[C@H](Nc2ccc(Cc3cnc4n3CCN(Cc3ccc(N[C@@H]5C[C@H](C)N(C(=O)CC)c6ccccc65)cc3)C4)cc2)C[C@@H]1C. The van der Waals surface area contributed by atoms with Crippen molar-refractivity contribution in [2.45, 2.75) is 104 Å². The molecule has 5 aromatic rings. The number of carbonyl (C=O) groups excluding carboxylic acids is 2. The van der Waals surface area contributed by atoms with Gasteiger partial charge in [-0.25, -0.2) is 4.98 Å². The van der Waals surface area contributed by atoms with Gasteiger partial charge in [0.2, 0.25) is 11.8 Å². The second kappa shape index (κ2) is 15.7. The van der Waals surface area contributed by atoms with Crippen molar-refractivity contribution in [1.82, 2.24) is 14.5 Å². The summed E-state index contributed by atoms with van der Waals surface area (Å²) in [4.78, 5) is 36.8. The summed E-state index contributed by atoms with van der Waals surface area (Å²) in [6.07, 6.45) is 5.64. The number of nitrogens with zero attached hydrogens (tertiary/aromatic N) is 5. The van der Waals surface area contributed by atoms with Crippen LogP contribution in [0, 0.1) is 0 Å². The lowest BCUT2D eigenvalue weighted by Gasteiger charge is -2.40. The molecule has 1 aromatic heterocycles. The molecule has 4 atom stereocenters. The van der Waals surface area contributed by atoms with Gasteiger partial charge in [-0.2, -0.15) is 0 Å². The Balaban J connectivity index is 0.862. The predicted molar refractivity (Wildman–Crippen MR) is 221 cm³/mol. The second-order valence-electron chi connectivity index (χ2n) is 15.5. The van der Waals surface area contributed by atoms with Gasteiger partial charge in [-0.05, 0) is 85.3 Å². The van der Waals surface area contributed by atoms with Crippen molar-refractivity contribution < 1.29 is 9.59 Å². The zero-order valence-corrected chi connectivity index (χ0v) is 32.5. The largest absolute Gasteiger partial charge is 0.378 e. The quantitative estimate of drug-likeness (QED) is 0.149. The fourth-order valence-corrected chi connectivity index (χ4v) is 8.94. The molecule has 4 aromatic carbocycles. The minimum Gasteiger partial charge on any atom is -0.378 e. The summed E-state index contributed by atoms with van der Waals surface area (Å²) < 4.78 is 2.40. The molecule has 55 heavy (non-hydrogen) atoms. The molecule has 0 saturated heterocycles. The van der Waals surface area contributed by atoms with Gasteiger partial charge in [-0.15, -0.1) is 0 Å². The number of para-hydroxylation sites is 2. The summed E-state index contributed by atoms with van der Waals surface area (Å²) in [5, 5.41) is 7.53. The Bertz CT molecular complexity index is 2140. The number of fused-ring (bicyclic) bond motifs is 3. The summed E-state index contributed by atoms with van der Waals surface area (Å²) in [6.45, 7) is 11.8. The lowest BCUT2D eigenvalue weighted by molar-refractivity contribution is -0.119. The average molecular weight is 736 g/mol. The van der Waals surface area contributed by atoms with E-state index < -0.39 is 0 Å². The number of nitrogens with one attached hydrogen (secondary N) is 2. The fraction of sp³-hybridized carbons (Fsp3) is 0.370. The zero-order chi connectivity index (χ0) is 38.1. The van der Waals surface area contributed by atoms with E-state index in [2.05, 4.69) is 125 Å². The normalized spacial score (nSPS) is 20.7. The monoisotopic (exact) mass is 735 g/mol. The van der Waals surface area contributed by atoms with Gasteiger partial charge in [0.15, 0.2) is 0 Å². The zero-order valence-electron chi connectivity index (χ0n) is 32.5. The lowest BCUT2D eigenvalue weighted by atomic mass is 9.91. The van der Waals surface area contributed by atoms with Crippen LogP contribution in [0.4, 0.5) is 22.7 Å². The van der Waals surface area contributed by atoms with E-state index in [-0.39, 0.29) is 36.0 Å². The van der Waals surface area contributed by atoms with Gasteiger partial charge in [0.1, 0.15) is 5.82 Å². The Morgan fingerprint density at radius 1 is 0.673 bits per heavy atom. The molecule has 0 unspecified atom stereocenters. The number of hydrogen-bond donors (Lipinski definition) is 2. The number of imidazole rings is 1. The van der Waals surface area contributed by atoms with Gasteiger partial charge in [0, 0.05) is 85.6 Å². The van der Waals surface area contributed by atoms with E-state index in [0.717, 1.165) is 74.0 Å². The maximum atomic E-state index is 12.8. The molecule has 2 N–H and O–H groups in total. The maximum Gasteiger partial charge on any atom is 0.226 e. The number of hydrogen-bond acceptors (Lipinski definition) is 6. The van der Waals surface area contributed by atoms with Crippen molar-refractivity contribution in [3.63, 3.8) is 0 Å². The third-order valence-corrected chi connectivity index (χ3v) is 11.7. The molecule has 0 bridgehead atoms. The van der Waals surface area contributed by atoms with Crippen molar-refractivity contribution in [3.8, 4) is 0 Å². The standard InChI is InChI=1S/C46H53N7O2/c1-5-45(54)52-31(3)25-40(38-11-7-9-13-42(38)52)48-35-19-15-33(16-20-35)27-37-28-47-44-30-50(23-24-51(37)44)29-34-17-21-36(22-18-34)49-41-26-32(4)53(46(55)6-2)43-14-10-8-12-39(41)43/h7-22,28,31-32,40-41,48-49H,5-6,23-27,29-30H2,1-4H3/t31-,32-,40+,41+/m0/s1. The number of amides is 2. The number of benzene rings is 4. The van der Waals surface area contributed by atoms with Gasteiger partial charge in [-0.1, -0.05) is 74.5 Å². The highest BCUT2D eigenvalue weighted by atomic mass is 16.2. The molecule has 284 valence electrons. The van der Waals surface area contributed by atoms with Crippen molar-refractivity contribution in [2.24, 2.45) is 0 Å². The first-order valence-electron chi connectivity index (χ1n) is 20.1. The molecule has 0 spiro atoms. The summed E-state index contributed by atoms with van der Waals surface area (Å²) in [5.41, 5.74) is 10.4.